The van der Waals surface area contributed by atoms with Crippen LogP contribution in [0.4, 0.5) is 0 Å². The Labute approximate surface area is 101 Å². The van der Waals surface area contributed by atoms with Gasteiger partial charge in [-0.05, 0) is 29.0 Å². The highest BCUT2D eigenvalue weighted by atomic mass is 32.1. The number of nitrogens with one attached hydrogen (secondary N) is 1. The van der Waals surface area contributed by atoms with E-state index in [0.29, 0.717) is 27.3 Å². The van der Waals surface area contributed by atoms with Gasteiger partial charge < -0.3 is 9.67 Å². The van der Waals surface area contributed by atoms with Crippen LogP contribution in [0.15, 0.2) is 0 Å². The second kappa shape index (κ2) is 3.40. The highest BCUT2D eigenvalue weighted by molar-refractivity contribution is 7.71. The molecule has 0 amide bonds. The summed E-state index contributed by atoms with van der Waals surface area (Å²) in [6.45, 7) is 9.88. The molecule has 5 heteroatoms. The van der Waals surface area contributed by atoms with E-state index >= 15 is 0 Å². The molecule has 1 saturated carbocycles. The van der Waals surface area contributed by atoms with Gasteiger partial charge in [-0.3, -0.25) is 5.10 Å². The van der Waals surface area contributed by atoms with Crippen molar-refractivity contribution in [1.82, 2.24) is 14.8 Å². The number of H-pyrrole nitrogens is 1. The van der Waals surface area contributed by atoms with Gasteiger partial charge in [-0.1, -0.05) is 27.7 Å². The monoisotopic (exact) mass is 241 g/mol. The fraction of sp³-hybridized carbons (Fsp3) is 0.818. The standard InChI is InChI=1S/C11H19N3OS/c1-10(2)7(11(10,3)4)5-14-8(6-15)12-13-9(14)16/h7,15H,5-6H2,1-4H3,(H,13,16). The predicted molar refractivity (Wildman–Crippen MR) is 64.4 cm³/mol. The van der Waals surface area contributed by atoms with E-state index in [0.717, 1.165) is 6.54 Å². The van der Waals surface area contributed by atoms with E-state index in [1.165, 1.54) is 0 Å². The minimum Gasteiger partial charge on any atom is -0.388 e. The van der Waals surface area contributed by atoms with Crippen LogP contribution in [0.3, 0.4) is 0 Å². The molecule has 0 aromatic carbocycles. The van der Waals surface area contributed by atoms with Crippen LogP contribution in [-0.4, -0.2) is 19.9 Å². The number of nitrogens with zero attached hydrogens (tertiary/aromatic N) is 2. The SMILES string of the molecule is CC1(C)C(Cn2c(CO)n[nH]c2=S)C1(C)C. The van der Waals surface area contributed by atoms with Gasteiger partial charge in [0.1, 0.15) is 6.61 Å². The van der Waals surface area contributed by atoms with Gasteiger partial charge in [-0.15, -0.1) is 0 Å². The summed E-state index contributed by atoms with van der Waals surface area (Å²) in [5, 5.41) is 15.9. The first-order chi connectivity index (χ1) is 7.32. The fourth-order valence-corrected chi connectivity index (χ4v) is 2.86. The number of aromatic amines is 1. The molecule has 1 aliphatic rings. The highest BCUT2D eigenvalue weighted by Crippen LogP contribution is 2.68. The van der Waals surface area contributed by atoms with Crippen molar-refractivity contribution in [3.05, 3.63) is 10.6 Å². The Hall–Kier alpha value is -0.680. The summed E-state index contributed by atoms with van der Waals surface area (Å²) < 4.78 is 2.51. The summed E-state index contributed by atoms with van der Waals surface area (Å²) in [6, 6.07) is 0. The van der Waals surface area contributed by atoms with Crippen molar-refractivity contribution < 1.29 is 5.11 Å². The molecule has 1 heterocycles. The molecule has 2 rings (SSSR count). The Morgan fingerprint density at radius 3 is 2.38 bits per heavy atom. The molecule has 0 aliphatic heterocycles. The first kappa shape index (κ1) is 11.8. The van der Waals surface area contributed by atoms with Crippen LogP contribution < -0.4 is 0 Å². The largest absolute Gasteiger partial charge is 0.388 e. The average Bonchev–Trinajstić information content (AvgIpc) is 2.48. The molecule has 0 bridgehead atoms. The zero-order valence-corrected chi connectivity index (χ0v) is 11.1. The third-order valence-corrected chi connectivity index (χ3v) is 4.98. The van der Waals surface area contributed by atoms with Crippen LogP contribution in [0.5, 0.6) is 0 Å². The Balaban J connectivity index is 2.24. The molecular weight excluding hydrogens is 222 g/mol. The lowest BCUT2D eigenvalue weighted by atomic mass is 10.0. The van der Waals surface area contributed by atoms with E-state index in [1.807, 2.05) is 4.57 Å². The highest BCUT2D eigenvalue weighted by Gasteiger charge is 2.64. The van der Waals surface area contributed by atoms with Gasteiger partial charge in [-0.2, -0.15) is 5.10 Å². The lowest BCUT2D eigenvalue weighted by Gasteiger charge is -2.06. The number of aliphatic hydroxyl groups excluding tert-OH is 1. The summed E-state index contributed by atoms with van der Waals surface area (Å²) >= 11 is 5.17. The summed E-state index contributed by atoms with van der Waals surface area (Å²) in [6.07, 6.45) is 0. The van der Waals surface area contributed by atoms with E-state index in [2.05, 4.69) is 37.9 Å². The third-order valence-electron chi connectivity index (χ3n) is 4.66. The number of hydrogen-bond acceptors (Lipinski definition) is 3. The van der Waals surface area contributed by atoms with Gasteiger partial charge in [0.15, 0.2) is 10.6 Å². The quantitative estimate of drug-likeness (QED) is 0.797. The van der Waals surface area contributed by atoms with Gasteiger partial charge in [0, 0.05) is 6.54 Å². The zero-order chi connectivity index (χ0) is 12.1. The molecule has 1 aromatic heterocycles. The minimum absolute atomic E-state index is 0.0687. The first-order valence-electron chi connectivity index (χ1n) is 5.57. The number of aromatic nitrogens is 3. The van der Waals surface area contributed by atoms with Crippen molar-refractivity contribution in [3.8, 4) is 0 Å². The van der Waals surface area contributed by atoms with Crippen molar-refractivity contribution in [3.63, 3.8) is 0 Å². The maximum atomic E-state index is 9.18. The summed E-state index contributed by atoms with van der Waals surface area (Å²) in [7, 11) is 0. The van der Waals surface area contributed by atoms with Crippen molar-refractivity contribution in [2.75, 3.05) is 0 Å². The second-order valence-corrected chi connectivity index (χ2v) is 6.10. The Bertz CT molecular complexity index is 444. The Kier molecular flexibility index (Phi) is 2.51. The third kappa shape index (κ3) is 1.45. The van der Waals surface area contributed by atoms with Gasteiger partial charge in [0.05, 0.1) is 0 Å². The van der Waals surface area contributed by atoms with Crippen molar-refractivity contribution in [2.24, 2.45) is 16.7 Å². The van der Waals surface area contributed by atoms with E-state index in [9.17, 15) is 5.11 Å². The Morgan fingerprint density at radius 1 is 1.38 bits per heavy atom. The molecule has 0 atom stereocenters. The summed E-state index contributed by atoms with van der Waals surface area (Å²) in [5.74, 6) is 1.21. The number of hydrogen-bond donors (Lipinski definition) is 2. The lowest BCUT2D eigenvalue weighted by Crippen LogP contribution is -2.08. The first-order valence-corrected chi connectivity index (χ1v) is 5.98. The number of rotatable bonds is 3. The normalized spacial score (nSPS) is 22.3. The van der Waals surface area contributed by atoms with Crippen LogP contribution in [0.25, 0.3) is 0 Å². The minimum atomic E-state index is -0.0687. The van der Waals surface area contributed by atoms with Gasteiger partial charge >= 0.3 is 0 Å². The van der Waals surface area contributed by atoms with Crippen LogP contribution >= 0.6 is 12.2 Å². The van der Waals surface area contributed by atoms with Crippen LogP contribution in [0.1, 0.15) is 33.5 Å². The predicted octanol–water partition coefficient (Wildman–Crippen LogP) is 2.12. The van der Waals surface area contributed by atoms with Crippen molar-refractivity contribution in [2.45, 2.75) is 40.8 Å². The molecule has 0 saturated heterocycles. The smallest absolute Gasteiger partial charge is 0.195 e. The molecule has 1 fully saturated rings. The lowest BCUT2D eigenvalue weighted by molar-refractivity contribution is 0.262. The van der Waals surface area contributed by atoms with Crippen LogP contribution in [-0.2, 0) is 13.2 Å². The van der Waals surface area contributed by atoms with Crippen molar-refractivity contribution in [1.29, 1.82) is 0 Å². The topological polar surface area (TPSA) is 53.8 Å². The van der Waals surface area contributed by atoms with Crippen molar-refractivity contribution >= 4 is 12.2 Å². The molecule has 4 nitrogen and oxygen atoms in total. The fourth-order valence-electron chi connectivity index (χ4n) is 2.63. The van der Waals surface area contributed by atoms with E-state index < -0.39 is 0 Å². The zero-order valence-electron chi connectivity index (χ0n) is 10.2. The van der Waals surface area contributed by atoms with Gasteiger partial charge in [0.25, 0.3) is 0 Å². The second-order valence-electron chi connectivity index (χ2n) is 5.71. The molecule has 2 N–H and O–H groups in total. The maximum Gasteiger partial charge on any atom is 0.195 e. The molecule has 1 aliphatic carbocycles. The van der Waals surface area contributed by atoms with E-state index in [1.54, 1.807) is 0 Å². The average molecular weight is 241 g/mol. The van der Waals surface area contributed by atoms with Gasteiger partial charge in [0.2, 0.25) is 0 Å². The molecule has 0 unspecified atom stereocenters. The van der Waals surface area contributed by atoms with Gasteiger partial charge in [-0.25, -0.2) is 0 Å². The molecular formula is C11H19N3OS. The van der Waals surface area contributed by atoms with E-state index in [4.69, 9.17) is 12.2 Å². The molecule has 0 spiro atoms. The Morgan fingerprint density at radius 2 is 1.94 bits per heavy atom. The molecule has 0 radical (unpaired) electrons. The number of aliphatic hydroxyl groups is 1. The van der Waals surface area contributed by atoms with Crippen LogP contribution in [0.2, 0.25) is 0 Å². The summed E-state index contributed by atoms with van der Waals surface area (Å²) in [5.41, 5.74) is 0.650. The molecule has 90 valence electrons. The van der Waals surface area contributed by atoms with E-state index in [-0.39, 0.29) is 6.61 Å². The molecule has 1 aromatic rings. The van der Waals surface area contributed by atoms with Crippen LogP contribution in [0, 0.1) is 21.5 Å². The summed E-state index contributed by atoms with van der Waals surface area (Å²) in [4.78, 5) is 0. The molecule has 16 heavy (non-hydrogen) atoms. The maximum absolute atomic E-state index is 9.18.